The van der Waals surface area contributed by atoms with Gasteiger partial charge in [-0.15, -0.1) is 0 Å². The normalized spacial score (nSPS) is 10.5. The van der Waals surface area contributed by atoms with E-state index in [9.17, 15) is 9.18 Å². The smallest absolute Gasteiger partial charge is 0.251 e. The molecule has 5 nitrogen and oxygen atoms in total. The van der Waals surface area contributed by atoms with E-state index in [1.807, 2.05) is 22.8 Å². The van der Waals surface area contributed by atoms with Crippen molar-refractivity contribution in [1.82, 2.24) is 14.9 Å². The Hall–Kier alpha value is -3.15. The molecule has 3 rings (SSSR count). The Balaban J connectivity index is 1.94. The summed E-state index contributed by atoms with van der Waals surface area (Å²) < 4.78 is 21.2. The number of aromatic nitrogens is 2. The largest absolute Gasteiger partial charge is 0.497 e. The van der Waals surface area contributed by atoms with E-state index < -0.39 is 0 Å². The molecule has 0 saturated heterocycles. The molecule has 0 fully saturated rings. The van der Waals surface area contributed by atoms with Gasteiger partial charge in [-0.25, -0.2) is 9.37 Å². The number of benzene rings is 2. The molecule has 25 heavy (non-hydrogen) atoms. The third kappa shape index (κ3) is 3.52. The van der Waals surface area contributed by atoms with Crippen LogP contribution in [0, 0.1) is 5.82 Å². The average Bonchev–Trinajstić information content (AvgIpc) is 3.09. The summed E-state index contributed by atoms with van der Waals surface area (Å²) in [7, 11) is 3.13. The van der Waals surface area contributed by atoms with Crippen molar-refractivity contribution in [1.29, 1.82) is 0 Å². The second kappa shape index (κ2) is 7.17. The Morgan fingerprint density at radius 2 is 2.12 bits per heavy atom. The lowest BCUT2D eigenvalue weighted by atomic mass is 10.1. The van der Waals surface area contributed by atoms with Gasteiger partial charge < -0.3 is 14.6 Å². The molecule has 0 radical (unpaired) electrons. The number of ether oxygens (including phenoxy) is 1. The first-order valence-corrected chi connectivity index (χ1v) is 7.78. The van der Waals surface area contributed by atoms with E-state index in [1.54, 1.807) is 37.6 Å². The van der Waals surface area contributed by atoms with Crippen molar-refractivity contribution in [2.75, 3.05) is 14.2 Å². The molecular formula is C19H18FN3O2. The standard InChI is InChI=1S/C19H18FN3O2/c1-21-19(24)14-5-3-4-13(10-14)12-23-9-8-22-18(23)16-11-15(25-2)6-7-17(16)20/h3-11H,12H2,1-2H3,(H,21,24). The highest BCUT2D eigenvalue weighted by molar-refractivity contribution is 5.94. The molecule has 1 aromatic heterocycles. The van der Waals surface area contributed by atoms with Gasteiger partial charge in [0, 0.05) is 31.5 Å². The monoisotopic (exact) mass is 339 g/mol. The number of rotatable bonds is 5. The molecule has 3 aromatic rings. The van der Waals surface area contributed by atoms with E-state index in [0.717, 1.165) is 5.56 Å². The Kier molecular flexibility index (Phi) is 4.79. The van der Waals surface area contributed by atoms with Gasteiger partial charge in [0.05, 0.1) is 12.7 Å². The highest BCUT2D eigenvalue weighted by atomic mass is 19.1. The van der Waals surface area contributed by atoms with Crippen molar-refractivity contribution in [3.8, 4) is 17.1 Å². The zero-order valence-electron chi connectivity index (χ0n) is 14.0. The third-order valence-corrected chi connectivity index (χ3v) is 3.90. The summed E-state index contributed by atoms with van der Waals surface area (Å²) in [5, 5.41) is 2.60. The van der Waals surface area contributed by atoms with E-state index in [-0.39, 0.29) is 11.7 Å². The predicted molar refractivity (Wildman–Crippen MR) is 93.1 cm³/mol. The van der Waals surface area contributed by atoms with Crippen LogP contribution in [0.2, 0.25) is 0 Å². The first-order valence-electron chi connectivity index (χ1n) is 7.78. The molecule has 0 spiro atoms. The van der Waals surface area contributed by atoms with Crippen LogP contribution in [-0.4, -0.2) is 29.6 Å². The van der Waals surface area contributed by atoms with Crippen LogP contribution in [0.1, 0.15) is 15.9 Å². The topological polar surface area (TPSA) is 56.2 Å². The number of carbonyl (C=O) groups is 1. The van der Waals surface area contributed by atoms with Gasteiger partial charge in [-0.1, -0.05) is 12.1 Å². The first-order chi connectivity index (χ1) is 12.1. The molecule has 1 N–H and O–H groups in total. The van der Waals surface area contributed by atoms with Crippen molar-refractivity contribution in [2.45, 2.75) is 6.54 Å². The molecule has 1 amide bonds. The van der Waals surface area contributed by atoms with Gasteiger partial charge in [-0.3, -0.25) is 4.79 Å². The van der Waals surface area contributed by atoms with Crippen LogP contribution in [0.5, 0.6) is 5.75 Å². The number of nitrogens with zero attached hydrogens (tertiary/aromatic N) is 2. The van der Waals surface area contributed by atoms with Gasteiger partial charge in [0.2, 0.25) is 0 Å². The second-order valence-corrected chi connectivity index (χ2v) is 5.50. The zero-order valence-corrected chi connectivity index (χ0v) is 14.0. The number of hydrogen-bond acceptors (Lipinski definition) is 3. The molecule has 2 aromatic carbocycles. The lowest BCUT2D eigenvalue weighted by Gasteiger charge is -2.11. The second-order valence-electron chi connectivity index (χ2n) is 5.50. The number of imidazole rings is 1. The van der Waals surface area contributed by atoms with E-state index in [4.69, 9.17) is 4.74 Å². The SMILES string of the molecule is CNC(=O)c1cccc(Cn2ccnc2-c2cc(OC)ccc2F)c1. The molecule has 1 heterocycles. The Labute approximate surface area is 145 Å². The number of halogens is 1. The molecule has 0 bridgehead atoms. The maximum absolute atomic E-state index is 14.2. The van der Waals surface area contributed by atoms with Crippen LogP contribution in [0.3, 0.4) is 0 Å². The average molecular weight is 339 g/mol. The number of methoxy groups -OCH3 is 1. The molecule has 128 valence electrons. The van der Waals surface area contributed by atoms with Gasteiger partial charge in [0.1, 0.15) is 17.4 Å². The van der Waals surface area contributed by atoms with E-state index in [0.29, 0.717) is 29.2 Å². The summed E-state index contributed by atoms with van der Waals surface area (Å²) in [6.07, 6.45) is 3.40. The van der Waals surface area contributed by atoms with Crippen LogP contribution in [0.4, 0.5) is 4.39 Å². The third-order valence-electron chi connectivity index (χ3n) is 3.90. The predicted octanol–water partition coefficient (Wildman–Crippen LogP) is 3.11. The first kappa shape index (κ1) is 16.7. The van der Waals surface area contributed by atoms with Gasteiger partial charge in [0.15, 0.2) is 0 Å². The van der Waals surface area contributed by atoms with E-state index in [1.165, 1.54) is 13.2 Å². The summed E-state index contributed by atoms with van der Waals surface area (Å²) in [6.45, 7) is 0.469. The number of amides is 1. The van der Waals surface area contributed by atoms with Gasteiger partial charge in [-0.2, -0.15) is 0 Å². The number of nitrogens with one attached hydrogen (secondary N) is 1. The molecule has 0 unspecified atom stereocenters. The van der Waals surface area contributed by atoms with E-state index in [2.05, 4.69) is 10.3 Å². The summed E-state index contributed by atoms with van der Waals surface area (Å²) >= 11 is 0. The zero-order chi connectivity index (χ0) is 17.8. The van der Waals surface area contributed by atoms with Crippen molar-refractivity contribution < 1.29 is 13.9 Å². The molecule has 0 atom stereocenters. The van der Waals surface area contributed by atoms with Gasteiger partial charge >= 0.3 is 0 Å². The molecular weight excluding hydrogens is 321 g/mol. The maximum Gasteiger partial charge on any atom is 0.251 e. The van der Waals surface area contributed by atoms with E-state index >= 15 is 0 Å². The van der Waals surface area contributed by atoms with Crippen LogP contribution < -0.4 is 10.1 Å². The summed E-state index contributed by atoms with van der Waals surface area (Å²) in [5.74, 6) is 0.549. The minimum atomic E-state index is -0.368. The van der Waals surface area contributed by atoms with Crippen molar-refractivity contribution >= 4 is 5.91 Å². The minimum Gasteiger partial charge on any atom is -0.497 e. The molecule has 0 saturated carbocycles. The summed E-state index contributed by atoms with van der Waals surface area (Å²) in [5.41, 5.74) is 1.87. The van der Waals surface area contributed by atoms with Crippen LogP contribution in [0.25, 0.3) is 11.4 Å². The fraction of sp³-hybridized carbons (Fsp3) is 0.158. The number of hydrogen-bond donors (Lipinski definition) is 1. The lowest BCUT2D eigenvalue weighted by Crippen LogP contribution is -2.18. The van der Waals surface area contributed by atoms with Crippen molar-refractivity contribution in [2.24, 2.45) is 0 Å². The maximum atomic E-state index is 14.2. The molecule has 0 aliphatic rings. The van der Waals surface area contributed by atoms with Crippen LogP contribution >= 0.6 is 0 Å². The van der Waals surface area contributed by atoms with Gasteiger partial charge in [-0.05, 0) is 35.9 Å². The Bertz CT molecular complexity index is 905. The number of carbonyl (C=O) groups excluding carboxylic acids is 1. The fourth-order valence-corrected chi connectivity index (χ4v) is 2.64. The fourth-order valence-electron chi connectivity index (χ4n) is 2.64. The van der Waals surface area contributed by atoms with Crippen LogP contribution in [0.15, 0.2) is 54.9 Å². The van der Waals surface area contributed by atoms with Crippen LogP contribution in [-0.2, 0) is 6.54 Å². The van der Waals surface area contributed by atoms with Crippen molar-refractivity contribution in [3.05, 3.63) is 71.8 Å². The highest BCUT2D eigenvalue weighted by Gasteiger charge is 2.13. The summed E-state index contributed by atoms with van der Waals surface area (Å²) in [4.78, 5) is 16.1. The quantitative estimate of drug-likeness (QED) is 0.777. The minimum absolute atomic E-state index is 0.147. The Morgan fingerprint density at radius 1 is 1.28 bits per heavy atom. The molecule has 0 aliphatic heterocycles. The summed E-state index contributed by atoms with van der Waals surface area (Å²) in [6, 6.07) is 11.8. The lowest BCUT2D eigenvalue weighted by molar-refractivity contribution is 0.0963. The Morgan fingerprint density at radius 3 is 2.88 bits per heavy atom. The van der Waals surface area contributed by atoms with Crippen molar-refractivity contribution in [3.63, 3.8) is 0 Å². The molecule has 0 aliphatic carbocycles. The van der Waals surface area contributed by atoms with Gasteiger partial charge in [0.25, 0.3) is 5.91 Å². The highest BCUT2D eigenvalue weighted by Crippen LogP contribution is 2.26. The molecule has 6 heteroatoms.